The number of thioether (sulfide) groups is 1. The van der Waals surface area contributed by atoms with Crippen molar-refractivity contribution in [2.24, 2.45) is 0 Å². The molecule has 0 radical (unpaired) electrons. The Morgan fingerprint density at radius 3 is 2.79 bits per heavy atom. The first-order chi connectivity index (χ1) is 11.7. The van der Waals surface area contributed by atoms with Crippen molar-refractivity contribution in [3.63, 3.8) is 0 Å². The van der Waals surface area contributed by atoms with E-state index in [0.29, 0.717) is 23.9 Å². The summed E-state index contributed by atoms with van der Waals surface area (Å²) in [6.07, 6.45) is 2.15. The first kappa shape index (κ1) is 16.3. The number of nitrogens with zero attached hydrogens (tertiary/aromatic N) is 2. The Morgan fingerprint density at radius 1 is 1.21 bits per heavy atom. The smallest absolute Gasteiger partial charge is 0.284 e. The SMILES string of the molecule is O=C(CSc1nnc(-c2ccco2)o1)NCCc1ccc(F)cc1. The Bertz CT molecular complexity index is 787. The molecule has 0 unspecified atom stereocenters. The molecule has 3 aromatic rings. The van der Waals surface area contributed by atoms with Crippen molar-refractivity contribution in [2.45, 2.75) is 11.6 Å². The first-order valence-electron chi connectivity index (χ1n) is 7.22. The minimum atomic E-state index is -0.271. The zero-order chi connectivity index (χ0) is 16.8. The highest BCUT2D eigenvalue weighted by atomic mass is 32.2. The van der Waals surface area contributed by atoms with E-state index < -0.39 is 0 Å². The van der Waals surface area contributed by atoms with E-state index >= 15 is 0 Å². The summed E-state index contributed by atoms with van der Waals surface area (Å²) in [6, 6.07) is 9.64. The number of hydrogen-bond acceptors (Lipinski definition) is 6. The molecule has 0 aliphatic heterocycles. The second-order valence-electron chi connectivity index (χ2n) is 4.87. The van der Waals surface area contributed by atoms with Crippen LogP contribution in [0.15, 0.2) is 56.7 Å². The van der Waals surface area contributed by atoms with Crippen LogP contribution < -0.4 is 5.32 Å². The monoisotopic (exact) mass is 347 g/mol. The summed E-state index contributed by atoms with van der Waals surface area (Å²) < 4.78 is 23.3. The van der Waals surface area contributed by atoms with Gasteiger partial charge >= 0.3 is 0 Å². The maximum absolute atomic E-state index is 12.8. The highest BCUT2D eigenvalue weighted by Gasteiger charge is 2.12. The van der Waals surface area contributed by atoms with Crippen LogP contribution >= 0.6 is 11.8 Å². The van der Waals surface area contributed by atoms with Gasteiger partial charge in [-0.25, -0.2) is 4.39 Å². The Hall–Kier alpha value is -2.61. The summed E-state index contributed by atoms with van der Waals surface area (Å²) in [4.78, 5) is 11.8. The van der Waals surface area contributed by atoms with Crippen LogP contribution in [0.3, 0.4) is 0 Å². The molecule has 0 bridgehead atoms. The zero-order valence-corrected chi connectivity index (χ0v) is 13.4. The van der Waals surface area contributed by atoms with Crippen molar-refractivity contribution in [1.82, 2.24) is 15.5 Å². The molecule has 0 saturated carbocycles. The molecule has 0 fully saturated rings. The number of carbonyl (C=O) groups excluding carboxylic acids is 1. The topological polar surface area (TPSA) is 81.2 Å². The predicted octanol–water partition coefficient (Wildman–Crippen LogP) is 2.92. The number of benzene rings is 1. The fraction of sp³-hybridized carbons (Fsp3) is 0.188. The first-order valence-corrected chi connectivity index (χ1v) is 8.20. The van der Waals surface area contributed by atoms with Crippen molar-refractivity contribution in [3.05, 3.63) is 54.0 Å². The van der Waals surface area contributed by atoms with Gasteiger partial charge in [0.1, 0.15) is 5.82 Å². The maximum atomic E-state index is 12.8. The summed E-state index contributed by atoms with van der Waals surface area (Å²) in [5.41, 5.74) is 0.962. The molecular formula is C16H14FN3O3S. The lowest BCUT2D eigenvalue weighted by molar-refractivity contribution is -0.118. The van der Waals surface area contributed by atoms with Gasteiger partial charge in [0, 0.05) is 6.54 Å². The van der Waals surface area contributed by atoms with E-state index in [0.717, 1.165) is 17.3 Å². The molecule has 1 aromatic carbocycles. The third kappa shape index (κ3) is 4.45. The largest absolute Gasteiger partial charge is 0.459 e. The van der Waals surface area contributed by atoms with Crippen molar-refractivity contribution in [2.75, 3.05) is 12.3 Å². The van der Waals surface area contributed by atoms with Crippen LogP contribution in [0.25, 0.3) is 11.7 Å². The van der Waals surface area contributed by atoms with Crippen LogP contribution in [-0.2, 0) is 11.2 Å². The van der Waals surface area contributed by atoms with Gasteiger partial charge in [-0.2, -0.15) is 0 Å². The fourth-order valence-corrected chi connectivity index (χ4v) is 2.54. The van der Waals surface area contributed by atoms with Gasteiger partial charge in [0.15, 0.2) is 5.76 Å². The number of furan rings is 1. The minimum absolute atomic E-state index is 0.139. The van der Waals surface area contributed by atoms with Gasteiger partial charge in [-0.1, -0.05) is 23.9 Å². The minimum Gasteiger partial charge on any atom is -0.459 e. The molecule has 24 heavy (non-hydrogen) atoms. The Morgan fingerprint density at radius 2 is 2.04 bits per heavy atom. The number of carbonyl (C=O) groups is 1. The van der Waals surface area contributed by atoms with Gasteiger partial charge in [-0.15, -0.1) is 10.2 Å². The summed E-state index contributed by atoms with van der Waals surface area (Å²) in [5.74, 6) is 0.522. The fourth-order valence-electron chi connectivity index (χ4n) is 1.94. The van der Waals surface area contributed by atoms with Crippen molar-refractivity contribution in [3.8, 4) is 11.7 Å². The summed E-state index contributed by atoms with van der Waals surface area (Å²) in [6.45, 7) is 0.479. The third-order valence-corrected chi connectivity index (χ3v) is 3.93. The van der Waals surface area contributed by atoms with Crippen molar-refractivity contribution >= 4 is 17.7 Å². The Labute approximate surface area is 141 Å². The lowest BCUT2D eigenvalue weighted by Crippen LogP contribution is -2.27. The van der Waals surface area contributed by atoms with E-state index in [4.69, 9.17) is 8.83 Å². The summed E-state index contributed by atoms with van der Waals surface area (Å²) in [7, 11) is 0. The van der Waals surface area contributed by atoms with Gasteiger partial charge in [-0.05, 0) is 36.2 Å². The van der Waals surface area contributed by atoms with Crippen LogP contribution in [0.1, 0.15) is 5.56 Å². The number of rotatable bonds is 7. The molecule has 6 nitrogen and oxygen atoms in total. The zero-order valence-electron chi connectivity index (χ0n) is 12.6. The number of aromatic nitrogens is 2. The number of nitrogens with one attached hydrogen (secondary N) is 1. The molecular weight excluding hydrogens is 333 g/mol. The van der Waals surface area contributed by atoms with E-state index in [2.05, 4.69) is 15.5 Å². The number of halogens is 1. The molecule has 3 rings (SSSR count). The molecule has 0 spiro atoms. The average molecular weight is 347 g/mol. The van der Waals surface area contributed by atoms with Crippen molar-refractivity contribution < 1.29 is 18.0 Å². The highest BCUT2D eigenvalue weighted by molar-refractivity contribution is 7.99. The van der Waals surface area contributed by atoms with E-state index in [1.54, 1.807) is 24.3 Å². The summed E-state index contributed by atoms with van der Waals surface area (Å²) in [5, 5.41) is 10.8. The van der Waals surface area contributed by atoms with E-state index in [1.165, 1.54) is 18.4 Å². The lowest BCUT2D eigenvalue weighted by atomic mass is 10.1. The van der Waals surface area contributed by atoms with E-state index in [1.807, 2.05) is 0 Å². The van der Waals surface area contributed by atoms with Gasteiger partial charge in [0.05, 0.1) is 12.0 Å². The molecule has 0 atom stereocenters. The third-order valence-electron chi connectivity index (χ3n) is 3.11. The predicted molar refractivity (Wildman–Crippen MR) is 85.8 cm³/mol. The van der Waals surface area contributed by atoms with Gasteiger partial charge in [-0.3, -0.25) is 4.79 Å². The average Bonchev–Trinajstić information content (AvgIpc) is 3.26. The van der Waals surface area contributed by atoms with Crippen LogP contribution in [0.5, 0.6) is 0 Å². The molecule has 2 aromatic heterocycles. The second kappa shape index (κ2) is 7.78. The van der Waals surface area contributed by atoms with Crippen LogP contribution in [0, 0.1) is 5.82 Å². The second-order valence-corrected chi connectivity index (χ2v) is 5.79. The van der Waals surface area contributed by atoms with Gasteiger partial charge < -0.3 is 14.2 Å². The lowest BCUT2D eigenvalue weighted by Gasteiger charge is -2.04. The highest BCUT2D eigenvalue weighted by Crippen LogP contribution is 2.23. The summed E-state index contributed by atoms with van der Waals surface area (Å²) >= 11 is 1.15. The Balaban J connectivity index is 1.40. The molecule has 124 valence electrons. The maximum Gasteiger partial charge on any atom is 0.284 e. The molecule has 2 heterocycles. The van der Waals surface area contributed by atoms with Crippen molar-refractivity contribution in [1.29, 1.82) is 0 Å². The number of amides is 1. The van der Waals surface area contributed by atoms with Gasteiger partial charge in [0.2, 0.25) is 5.91 Å². The molecule has 1 N–H and O–H groups in total. The normalized spacial score (nSPS) is 10.7. The standard InChI is InChI=1S/C16H14FN3O3S/c17-12-5-3-11(4-6-12)7-8-18-14(21)10-24-16-20-19-15(23-16)13-2-1-9-22-13/h1-6,9H,7-8,10H2,(H,18,21). The molecule has 8 heteroatoms. The molecule has 1 amide bonds. The Kier molecular flexibility index (Phi) is 5.27. The van der Waals surface area contributed by atoms with E-state index in [9.17, 15) is 9.18 Å². The van der Waals surface area contributed by atoms with Gasteiger partial charge in [0.25, 0.3) is 11.1 Å². The molecule has 0 aliphatic carbocycles. The van der Waals surface area contributed by atoms with Crippen LogP contribution in [-0.4, -0.2) is 28.4 Å². The molecule has 0 aliphatic rings. The quantitative estimate of drug-likeness (QED) is 0.662. The van der Waals surface area contributed by atoms with Crippen LogP contribution in [0.4, 0.5) is 4.39 Å². The van der Waals surface area contributed by atoms with E-state index in [-0.39, 0.29) is 23.4 Å². The number of hydrogen-bond donors (Lipinski definition) is 1. The molecule has 0 saturated heterocycles. The van der Waals surface area contributed by atoms with Crippen LogP contribution in [0.2, 0.25) is 0 Å².